The normalized spacial score (nSPS) is 14.4. The number of amides is 2. The molecule has 6 nitrogen and oxygen atoms in total. The van der Waals surface area contributed by atoms with Gasteiger partial charge in [0.15, 0.2) is 5.11 Å². The van der Waals surface area contributed by atoms with Crippen LogP contribution in [0.2, 0.25) is 0 Å². The van der Waals surface area contributed by atoms with Gasteiger partial charge in [-0.3, -0.25) is 25.8 Å². The largest absolute Gasteiger partial charge is 0.493 e. The van der Waals surface area contributed by atoms with E-state index >= 15 is 0 Å². The lowest BCUT2D eigenvalue weighted by Crippen LogP contribution is -2.50. The predicted molar refractivity (Wildman–Crippen MR) is 117 cm³/mol. The molecule has 0 bridgehead atoms. The van der Waals surface area contributed by atoms with E-state index in [1.807, 2.05) is 6.07 Å². The topological polar surface area (TPSA) is 79.5 Å². The Morgan fingerprint density at radius 2 is 1.93 bits per heavy atom. The van der Waals surface area contributed by atoms with Gasteiger partial charge in [0.1, 0.15) is 5.75 Å². The summed E-state index contributed by atoms with van der Waals surface area (Å²) >= 11 is 8.51. The molecule has 1 aliphatic carbocycles. The Bertz CT molecular complexity index is 706. The average molecular weight is 470 g/mol. The van der Waals surface area contributed by atoms with E-state index < -0.39 is 5.91 Å². The summed E-state index contributed by atoms with van der Waals surface area (Å²) in [7, 11) is 0. The molecule has 2 amide bonds. The van der Waals surface area contributed by atoms with E-state index in [9.17, 15) is 9.59 Å². The fourth-order valence-electron chi connectivity index (χ4n) is 3.00. The average Bonchev–Trinajstić information content (AvgIpc) is 2.67. The summed E-state index contributed by atoms with van der Waals surface area (Å²) in [4.78, 5) is 24.8. The van der Waals surface area contributed by atoms with Gasteiger partial charge in [0, 0.05) is 10.4 Å². The van der Waals surface area contributed by atoms with Crippen LogP contribution < -0.4 is 20.9 Å². The first kappa shape index (κ1) is 22.6. The van der Waals surface area contributed by atoms with Crippen molar-refractivity contribution in [1.29, 1.82) is 0 Å². The number of carbonyl (C=O) groups is 2. The second kappa shape index (κ2) is 11.4. The van der Waals surface area contributed by atoms with Crippen molar-refractivity contribution >= 4 is 45.1 Å². The number of ether oxygens (including phenoxy) is 1. The molecule has 28 heavy (non-hydrogen) atoms. The molecule has 0 spiro atoms. The van der Waals surface area contributed by atoms with Crippen molar-refractivity contribution < 1.29 is 14.3 Å². The van der Waals surface area contributed by atoms with Gasteiger partial charge in [0.05, 0.1) is 12.2 Å². The maximum atomic E-state index is 12.6. The third kappa shape index (κ3) is 7.39. The van der Waals surface area contributed by atoms with E-state index in [0.29, 0.717) is 23.8 Å². The molecule has 3 N–H and O–H groups in total. The van der Waals surface area contributed by atoms with Crippen molar-refractivity contribution in [3.63, 3.8) is 0 Å². The number of halogens is 1. The number of rotatable bonds is 6. The molecule has 1 aliphatic rings. The van der Waals surface area contributed by atoms with E-state index in [2.05, 4.69) is 45.9 Å². The summed E-state index contributed by atoms with van der Waals surface area (Å²) in [5.41, 5.74) is 5.59. The molecule has 0 heterocycles. The number of benzene rings is 1. The Labute approximate surface area is 180 Å². The third-order valence-electron chi connectivity index (χ3n) is 4.64. The van der Waals surface area contributed by atoms with Gasteiger partial charge >= 0.3 is 0 Å². The maximum Gasteiger partial charge on any atom is 0.261 e. The van der Waals surface area contributed by atoms with Crippen molar-refractivity contribution in [2.24, 2.45) is 11.8 Å². The van der Waals surface area contributed by atoms with Gasteiger partial charge in [0.2, 0.25) is 5.91 Å². The zero-order chi connectivity index (χ0) is 20.5. The first-order valence-electron chi connectivity index (χ1n) is 9.70. The fraction of sp³-hybridized carbons (Fsp3) is 0.550. The van der Waals surface area contributed by atoms with Crippen LogP contribution in [0.4, 0.5) is 0 Å². The van der Waals surface area contributed by atoms with Crippen LogP contribution in [0.15, 0.2) is 22.7 Å². The smallest absolute Gasteiger partial charge is 0.261 e. The van der Waals surface area contributed by atoms with Crippen LogP contribution in [0.5, 0.6) is 5.75 Å². The van der Waals surface area contributed by atoms with Crippen LogP contribution in [-0.2, 0) is 4.79 Å². The zero-order valence-corrected chi connectivity index (χ0v) is 18.7. The molecule has 1 fully saturated rings. The molecule has 0 atom stereocenters. The first-order valence-corrected chi connectivity index (χ1v) is 10.9. The molecule has 1 aromatic carbocycles. The van der Waals surface area contributed by atoms with Crippen molar-refractivity contribution in [2.45, 2.75) is 52.4 Å². The minimum Gasteiger partial charge on any atom is -0.493 e. The molecular formula is C20H28BrN3O3S. The summed E-state index contributed by atoms with van der Waals surface area (Å²) < 4.78 is 6.53. The van der Waals surface area contributed by atoms with Crippen LogP contribution in [-0.4, -0.2) is 23.5 Å². The molecule has 8 heteroatoms. The Morgan fingerprint density at radius 1 is 1.21 bits per heavy atom. The zero-order valence-electron chi connectivity index (χ0n) is 16.3. The highest BCUT2D eigenvalue weighted by molar-refractivity contribution is 9.10. The van der Waals surface area contributed by atoms with E-state index in [1.54, 1.807) is 12.1 Å². The number of carbonyl (C=O) groups excluding carboxylic acids is 2. The van der Waals surface area contributed by atoms with Gasteiger partial charge in [-0.05, 0) is 55.6 Å². The van der Waals surface area contributed by atoms with Crippen LogP contribution >= 0.6 is 28.1 Å². The second-order valence-electron chi connectivity index (χ2n) is 7.40. The Kier molecular flexibility index (Phi) is 9.18. The highest BCUT2D eigenvalue weighted by Crippen LogP contribution is 2.24. The van der Waals surface area contributed by atoms with Gasteiger partial charge in [-0.15, -0.1) is 0 Å². The van der Waals surface area contributed by atoms with Crippen molar-refractivity contribution in [2.75, 3.05) is 6.61 Å². The highest BCUT2D eigenvalue weighted by atomic mass is 79.9. The van der Waals surface area contributed by atoms with Gasteiger partial charge in [-0.1, -0.05) is 49.0 Å². The standard InChI is InChI=1S/C20H28BrN3O3S/c1-13(2)10-11-27-17-9-8-15(21)12-16(17)19(26)22-20(28)24-23-18(25)14-6-4-3-5-7-14/h8-9,12-14H,3-7,10-11H2,1-2H3,(H,23,25)(H2,22,24,26,28). The summed E-state index contributed by atoms with van der Waals surface area (Å²) in [5.74, 6) is 0.528. The highest BCUT2D eigenvalue weighted by Gasteiger charge is 2.21. The molecular weight excluding hydrogens is 442 g/mol. The summed E-state index contributed by atoms with van der Waals surface area (Å²) in [6.07, 6.45) is 6.00. The van der Waals surface area contributed by atoms with Crippen molar-refractivity contribution in [1.82, 2.24) is 16.2 Å². The minimum atomic E-state index is -0.398. The van der Waals surface area contributed by atoms with Crippen molar-refractivity contribution in [3.05, 3.63) is 28.2 Å². The quantitative estimate of drug-likeness (QED) is 0.431. The Morgan fingerprint density at radius 3 is 2.61 bits per heavy atom. The number of hydrogen-bond donors (Lipinski definition) is 3. The van der Waals surface area contributed by atoms with E-state index in [0.717, 1.165) is 36.6 Å². The van der Waals surface area contributed by atoms with Gasteiger partial charge < -0.3 is 4.74 Å². The molecule has 0 saturated heterocycles. The Hall–Kier alpha value is -1.67. The van der Waals surface area contributed by atoms with Gasteiger partial charge in [-0.25, -0.2) is 0 Å². The molecule has 1 saturated carbocycles. The van der Waals surface area contributed by atoms with Crippen molar-refractivity contribution in [3.8, 4) is 5.75 Å². The summed E-state index contributed by atoms with van der Waals surface area (Å²) in [5, 5.41) is 2.63. The number of hydrogen-bond acceptors (Lipinski definition) is 4. The first-order chi connectivity index (χ1) is 13.4. The van der Waals surface area contributed by atoms with E-state index in [1.165, 1.54) is 6.42 Å². The third-order valence-corrected chi connectivity index (χ3v) is 5.34. The van der Waals surface area contributed by atoms with Crippen LogP contribution in [0, 0.1) is 11.8 Å². The van der Waals surface area contributed by atoms with Gasteiger partial charge in [0.25, 0.3) is 5.91 Å². The molecule has 2 rings (SSSR count). The molecule has 0 unspecified atom stereocenters. The van der Waals surface area contributed by atoms with E-state index in [-0.39, 0.29) is 16.9 Å². The molecule has 0 aliphatic heterocycles. The molecule has 0 aromatic heterocycles. The SMILES string of the molecule is CC(C)CCOc1ccc(Br)cc1C(=O)NC(=S)NNC(=O)C1CCCCC1. The van der Waals surface area contributed by atoms with E-state index in [4.69, 9.17) is 17.0 Å². The Balaban J connectivity index is 1.89. The monoisotopic (exact) mass is 469 g/mol. The maximum absolute atomic E-state index is 12.6. The number of thiocarbonyl (C=S) groups is 1. The lowest BCUT2D eigenvalue weighted by molar-refractivity contribution is -0.126. The minimum absolute atomic E-state index is 0.00536. The lowest BCUT2D eigenvalue weighted by atomic mass is 9.89. The van der Waals surface area contributed by atoms with Gasteiger partial charge in [-0.2, -0.15) is 0 Å². The van der Waals surface area contributed by atoms with Crippen LogP contribution in [0.25, 0.3) is 0 Å². The second-order valence-corrected chi connectivity index (χ2v) is 8.73. The van der Waals surface area contributed by atoms with Crippen LogP contribution in [0.3, 0.4) is 0 Å². The summed E-state index contributed by atoms with van der Waals surface area (Å²) in [6, 6.07) is 5.26. The summed E-state index contributed by atoms with van der Waals surface area (Å²) in [6.45, 7) is 4.76. The predicted octanol–water partition coefficient (Wildman–Crippen LogP) is 4.09. The fourth-order valence-corrected chi connectivity index (χ4v) is 3.50. The number of hydrazine groups is 1. The molecule has 1 aromatic rings. The lowest BCUT2D eigenvalue weighted by Gasteiger charge is -2.21. The molecule has 0 radical (unpaired) electrons. The van der Waals surface area contributed by atoms with Crippen LogP contribution in [0.1, 0.15) is 62.7 Å². The number of nitrogens with one attached hydrogen (secondary N) is 3. The molecule has 154 valence electrons.